The molecule has 1 fully saturated rings. The van der Waals surface area contributed by atoms with Crippen LogP contribution in [0.2, 0.25) is 0 Å². The van der Waals surface area contributed by atoms with E-state index in [1.54, 1.807) is 11.3 Å². The van der Waals surface area contributed by atoms with Crippen LogP contribution in [-0.4, -0.2) is 19.0 Å². The van der Waals surface area contributed by atoms with Crippen LogP contribution in [0.4, 0.5) is 8.78 Å². The molecular formula is C13H18BrF2NS. The molecule has 1 N–H and O–H groups in total. The van der Waals surface area contributed by atoms with Gasteiger partial charge in [0, 0.05) is 28.2 Å². The average molecular weight is 338 g/mol. The standard InChI is InChI=1S/C13H18BrF2NS/c1-17-11(8-12-10(14)4-7-18-12)9-2-5-13(15,16)6-3-9/h4,7,9,11,17H,2-3,5-6,8H2,1H3. The Morgan fingerprint density at radius 1 is 1.50 bits per heavy atom. The van der Waals surface area contributed by atoms with Crippen molar-refractivity contribution in [1.82, 2.24) is 5.32 Å². The van der Waals surface area contributed by atoms with Gasteiger partial charge in [-0.15, -0.1) is 11.3 Å². The average Bonchev–Trinajstić information content (AvgIpc) is 2.72. The maximum absolute atomic E-state index is 13.2. The number of likely N-dealkylation sites (N-methyl/N-ethyl adjacent to an activating group) is 1. The molecule has 0 aliphatic heterocycles. The maximum atomic E-state index is 13.2. The summed E-state index contributed by atoms with van der Waals surface area (Å²) in [6, 6.07) is 2.35. The Hall–Kier alpha value is -0.0000000000000000555. The van der Waals surface area contributed by atoms with Crippen LogP contribution in [0.5, 0.6) is 0 Å². The molecule has 0 amide bonds. The smallest absolute Gasteiger partial charge is 0.248 e. The monoisotopic (exact) mass is 337 g/mol. The predicted octanol–water partition coefficient (Wildman–Crippen LogP) is 4.47. The van der Waals surface area contributed by atoms with Crippen LogP contribution in [0, 0.1) is 5.92 Å². The Morgan fingerprint density at radius 3 is 2.67 bits per heavy atom. The topological polar surface area (TPSA) is 12.0 Å². The van der Waals surface area contributed by atoms with Gasteiger partial charge >= 0.3 is 0 Å². The van der Waals surface area contributed by atoms with E-state index in [-0.39, 0.29) is 12.8 Å². The maximum Gasteiger partial charge on any atom is 0.248 e. The molecule has 0 aromatic carbocycles. The first kappa shape index (κ1) is 14.4. The van der Waals surface area contributed by atoms with Crippen LogP contribution in [-0.2, 0) is 6.42 Å². The lowest BCUT2D eigenvalue weighted by molar-refractivity contribution is -0.0492. The van der Waals surface area contributed by atoms with Gasteiger partial charge in [0.25, 0.3) is 0 Å². The van der Waals surface area contributed by atoms with Crippen molar-refractivity contribution in [2.75, 3.05) is 7.05 Å². The second kappa shape index (κ2) is 5.97. The van der Waals surface area contributed by atoms with E-state index in [4.69, 9.17) is 0 Å². The van der Waals surface area contributed by atoms with Crippen molar-refractivity contribution in [3.63, 3.8) is 0 Å². The second-order valence-corrected chi connectivity index (χ2v) is 6.84. The molecule has 0 saturated heterocycles. The highest BCUT2D eigenvalue weighted by Crippen LogP contribution is 2.38. The lowest BCUT2D eigenvalue weighted by Crippen LogP contribution is -2.39. The lowest BCUT2D eigenvalue weighted by Gasteiger charge is -2.33. The van der Waals surface area contributed by atoms with Crippen molar-refractivity contribution in [3.05, 3.63) is 20.8 Å². The summed E-state index contributed by atoms with van der Waals surface area (Å²) in [5.41, 5.74) is 0. The Balaban J connectivity index is 1.96. The summed E-state index contributed by atoms with van der Waals surface area (Å²) in [6.07, 6.45) is 2.26. The number of hydrogen-bond donors (Lipinski definition) is 1. The van der Waals surface area contributed by atoms with Crippen LogP contribution in [0.15, 0.2) is 15.9 Å². The number of hydrogen-bond acceptors (Lipinski definition) is 2. The van der Waals surface area contributed by atoms with E-state index in [9.17, 15) is 8.78 Å². The third-order valence-electron chi connectivity index (χ3n) is 3.80. The molecule has 1 saturated carbocycles. The van der Waals surface area contributed by atoms with E-state index < -0.39 is 5.92 Å². The molecule has 0 radical (unpaired) electrons. The summed E-state index contributed by atoms with van der Waals surface area (Å²) in [5.74, 6) is -2.07. The van der Waals surface area contributed by atoms with Gasteiger partial charge in [-0.1, -0.05) is 0 Å². The van der Waals surface area contributed by atoms with Crippen LogP contribution >= 0.6 is 27.3 Å². The summed E-state index contributed by atoms with van der Waals surface area (Å²) < 4.78 is 27.5. The van der Waals surface area contributed by atoms with Crippen molar-refractivity contribution < 1.29 is 8.78 Å². The van der Waals surface area contributed by atoms with E-state index in [0.717, 1.165) is 10.9 Å². The van der Waals surface area contributed by atoms with E-state index >= 15 is 0 Å². The van der Waals surface area contributed by atoms with Gasteiger partial charge in [-0.2, -0.15) is 0 Å². The molecule has 1 aliphatic rings. The molecule has 1 nitrogen and oxygen atoms in total. The summed E-state index contributed by atoms with van der Waals surface area (Å²) in [6.45, 7) is 0. The fourth-order valence-corrected chi connectivity index (χ4v) is 4.21. The van der Waals surface area contributed by atoms with Crippen molar-refractivity contribution >= 4 is 27.3 Å². The minimum Gasteiger partial charge on any atom is -0.316 e. The van der Waals surface area contributed by atoms with Crippen molar-refractivity contribution in [1.29, 1.82) is 0 Å². The van der Waals surface area contributed by atoms with Crippen molar-refractivity contribution in [3.8, 4) is 0 Å². The number of thiophene rings is 1. The number of halogens is 3. The third-order valence-corrected chi connectivity index (χ3v) is 5.75. The zero-order valence-corrected chi connectivity index (χ0v) is 12.8. The van der Waals surface area contributed by atoms with Gasteiger partial charge in [-0.3, -0.25) is 0 Å². The zero-order chi connectivity index (χ0) is 13.2. The Kier molecular flexibility index (Phi) is 4.78. The molecule has 2 rings (SSSR count). The number of alkyl halides is 2. The molecule has 0 spiro atoms. The van der Waals surface area contributed by atoms with E-state index in [2.05, 4.69) is 26.6 Å². The zero-order valence-electron chi connectivity index (χ0n) is 10.4. The van der Waals surface area contributed by atoms with E-state index in [0.29, 0.717) is 24.8 Å². The van der Waals surface area contributed by atoms with E-state index in [1.165, 1.54) is 4.88 Å². The summed E-state index contributed by atoms with van der Waals surface area (Å²) in [5, 5.41) is 5.36. The molecule has 18 heavy (non-hydrogen) atoms. The first-order valence-corrected chi connectivity index (χ1v) is 7.96. The first-order chi connectivity index (χ1) is 8.52. The molecule has 1 unspecified atom stereocenters. The minimum atomic E-state index is -2.43. The molecule has 102 valence electrons. The van der Waals surface area contributed by atoms with Gasteiger partial charge in [-0.25, -0.2) is 8.78 Å². The molecule has 1 heterocycles. The molecule has 1 aliphatic carbocycles. The van der Waals surface area contributed by atoms with Gasteiger partial charge < -0.3 is 5.32 Å². The molecule has 5 heteroatoms. The molecule has 1 aromatic rings. The van der Waals surface area contributed by atoms with Crippen molar-refractivity contribution in [2.24, 2.45) is 5.92 Å². The van der Waals surface area contributed by atoms with Crippen LogP contribution in [0.3, 0.4) is 0 Å². The molecule has 1 aromatic heterocycles. The highest BCUT2D eigenvalue weighted by atomic mass is 79.9. The van der Waals surface area contributed by atoms with Crippen molar-refractivity contribution in [2.45, 2.75) is 44.1 Å². The molecule has 0 bridgehead atoms. The Morgan fingerprint density at radius 2 is 2.17 bits per heavy atom. The summed E-state index contributed by atoms with van der Waals surface area (Å²) in [7, 11) is 1.93. The van der Waals surface area contributed by atoms with Crippen LogP contribution in [0.1, 0.15) is 30.6 Å². The first-order valence-electron chi connectivity index (χ1n) is 6.29. The third kappa shape index (κ3) is 3.52. The highest BCUT2D eigenvalue weighted by Gasteiger charge is 2.37. The Labute approximate surface area is 119 Å². The minimum absolute atomic E-state index is 0.0431. The number of nitrogens with one attached hydrogen (secondary N) is 1. The normalized spacial score (nSPS) is 22.0. The fourth-order valence-electron chi connectivity index (χ4n) is 2.64. The molecule has 1 atom stereocenters. The van der Waals surface area contributed by atoms with Gasteiger partial charge in [0.2, 0.25) is 5.92 Å². The van der Waals surface area contributed by atoms with Gasteiger partial charge in [0.05, 0.1) is 0 Å². The number of rotatable bonds is 4. The van der Waals surface area contributed by atoms with E-state index in [1.807, 2.05) is 13.1 Å². The Bertz CT molecular complexity index is 384. The second-order valence-electron chi connectivity index (χ2n) is 4.98. The SMILES string of the molecule is CNC(Cc1sccc1Br)C1CCC(F)(F)CC1. The quantitative estimate of drug-likeness (QED) is 0.854. The van der Waals surface area contributed by atoms with Crippen LogP contribution < -0.4 is 5.32 Å². The fraction of sp³-hybridized carbons (Fsp3) is 0.692. The van der Waals surface area contributed by atoms with Crippen LogP contribution in [0.25, 0.3) is 0 Å². The summed E-state index contributed by atoms with van der Waals surface area (Å²) >= 11 is 5.25. The highest BCUT2D eigenvalue weighted by molar-refractivity contribution is 9.10. The van der Waals surface area contributed by atoms with Gasteiger partial charge in [0.1, 0.15) is 0 Å². The largest absolute Gasteiger partial charge is 0.316 e. The summed E-state index contributed by atoms with van der Waals surface area (Å²) in [4.78, 5) is 1.30. The predicted molar refractivity (Wildman–Crippen MR) is 75.5 cm³/mol. The lowest BCUT2D eigenvalue weighted by atomic mass is 9.81. The van der Waals surface area contributed by atoms with Gasteiger partial charge in [0.15, 0.2) is 0 Å². The van der Waals surface area contributed by atoms with Gasteiger partial charge in [-0.05, 0) is 59.6 Å². The molecular weight excluding hydrogens is 320 g/mol.